The lowest BCUT2D eigenvalue weighted by atomic mass is 9.54. The van der Waals surface area contributed by atoms with Gasteiger partial charge in [0.05, 0.1) is 11.8 Å². The van der Waals surface area contributed by atoms with Gasteiger partial charge in [0.25, 0.3) is 0 Å². The van der Waals surface area contributed by atoms with Gasteiger partial charge < -0.3 is 0 Å². The van der Waals surface area contributed by atoms with E-state index in [1.807, 2.05) is 48.5 Å². The van der Waals surface area contributed by atoms with Crippen molar-refractivity contribution in [1.82, 2.24) is 9.80 Å². The number of hydrogen-bond acceptors (Lipinski definition) is 3. The molecule has 2 aliphatic heterocycles. The van der Waals surface area contributed by atoms with Crippen LogP contribution in [0.4, 0.5) is 0 Å². The van der Waals surface area contributed by atoms with Gasteiger partial charge in [-0.3, -0.25) is 19.4 Å². The molecule has 6 heteroatoms. The number of imide groups is 1. The number of rotatable bonds is 3. The molecule has 0 aromatic heterocycles. The number of likely N-dealkylation sites (tertiary alicyclic amines) is 2. The molecule has 2 amide bonds. The van der Waals surface area contributed by atoms with Gasteiger partial charge in [-0.2, -0.15) is 0 Å². The van der Waals surface area contributed by atoms with Crippen molar-refractivity contribution in [1.29, 1.82) is 0 Å². The molecule has 2 bridgehead atoms. The van der Waals surface area contributed by atoms with Crippen LogP contribution in [-0.4, -0.2) is 47.3 Å². The molecule has 0 radical (unpaired) electrons. The first-order valence-electron chi connectivity index (χ1n) is 11.1. The number of benzene rings is 2. The molecule has 2 saturated heterocycles. The third kappa shape index (κ3) is 2.26. The van der Waals surface area contributed by atoms with E-state index < -0.39 is 21.6 Å². The van der Waals surface area contributed by atoms with Crippen LogP contribution >= 0.6 is 23.2 Å². The van der Waals surface area contributed by atoms with Crippen LogP contribution in [0.1, 0.15) is 42.0 Å². The Morgan fingerprint density at radius 2 is 1.32 bits per heavy atom. The predicted molar refractivity (Wildman–Crippen MR) is 120 cm³/mol. The minimum Gasteiger partial charge on any atom is -0.299 e. The Hall–Kier alpha value is -1.88. The fourth-order valence-corrected chi connectivity index (χ4v) is 7.73. The largest absolute Gasteiger partial charge is 0.299 e. The molecule has 3 atom stereocenters. The Morgan fingerprint density at radius 1 is 0.871 bits per heavy atom. The van der Waals surface area contributed by atoms with Crippen LogP contribution in [0.25, 0.3) is 0 Å². The van der Waals surface area contributed by atoms with Crippen LogP contribution in [0.3, 0.4) is 0 Å². The Balaban J connectivity index is 1.52. The quantitative estimate of drug-likeness (QED) is 0.518. The number of halogens is 2. The average Bonchev–Trinajstić information content (AvgIpc) is 3.35. The van der Waals surface area contributed by atoms with Gasteiger partial charge in [-0.05, 0) is 48.2 Å². The zero-order chi connectivity index (χ0) is 21.5. The summed E-state index contributed by atoms with van der Waals surface area (Å²) in [6, 6.07) is 15.8. The van der Waals surface area contributed by atoms with Crippen LogP contribution < -0.4 is 0 Å². The predicted octanol–water partition coefficient (Wildman–Crippen LogP) is 4.06. The highest BCUT2D eigenvalue weighted by atomic mass is 35.5. The van der Waals surface area contributed by atoms with Crippen molar-refractivity contribution in [2.45, 2.75) is 35.6 Å². The molecule has 2 aromatic rings. The Labute approximate surface area is 192 Å². The third-order valence-electron chi connectivity index (χ3n) is 7.98. The molecule has 0 unspecified atom stereocenters. The molecule has 4 nitrogen and oxygen atoms in total. The van der Waals surface area contributed by atoms with Gasteiger partial charge in [0.15, 0.2) is 0 Å². The minimum absolute atomic E-state index is 0.179. The molecule has 0 spiro atoms. The van der Waals surface area contributed by atoms with Crippen LogP contribution in [0.2, 0.25) is 0 Å². The van der Waals surface area contributed by atoms with E-state index in [-0.39, 0.29) is 17.9 Å². The standard InChI is InChI=1S/C25H24Cl2N2O2/c1-2-28-13-7-8-15(28)14-29-22(30)20-21(23(29)31)25(27)17-10-4-3-9-16(17)24(20,26)18-11-5-6-12-19(18)25/h3-6,9-12,15,20-21H,2,7-8,13-14H2,1H3/t15-,20-,21-,24?,25?/m1/s1. The number of likely N-dealkylation sites (N-methyl/N-ethyl adjacent to an activating group) is 1. The summed E-state index contributed by atoms with van der Waals surface area (Å²) in [5.74, 6) is -1.75. The van der Waals surface area contributed by atoms with E-state index in [0.717, 1.165) is 48.2 Å². The summed E-state index contributed by atoms with van der Waals surface area (Å²) in [4.78, 5) is 29.3. The van der Waals surface area contributed by atoms with Gasteiger partial charge in [0.2, 0.25) is 11.8 Å². The summed E-state index contributed by atoms with van der Waals surface area (Å²) >= 11 is 14.9. The highest BCUT2D eigenvalue weighted by Gasteiger charge is 2.73. The monoisotopic (exact) mass is 454 g/mol. The van der Waals surface area contributed by atoms with Crippen molar-refractivity contribution in [3.63, 3.8) is 0 Å². The Morgan fingerprint density at radius 3 is 1.74 bits per heavy atom. The lowest BCUT2D eigenvalue weighted by molar-refractivity contribution is -0.140. The molecule has 3 aliphatic carbocycles. The summed E-state index contributed by atoms with van der Waals surface area (Å²) in [5.41, 5.74) is 3.41. The molecule has 31 heavy (non-hydrogen) atoms. The molecule has 160 valence electrons. The maximum absolute atomic E-state index is 13.8. The average molecular weight is 455 g/mol. The third-order valence-corrected chi connectivity index (χ3v) is 9.26. The van der Waals surface area contributed by atoms with Gasteiger partial charge in [-0.15, -0.1) is 23.2 Å². The fourth-order valence-electron chi connectivity index (χ4n) is 6.63. The SMILES string of the molecule is CCN1CCC[C@@H]1CN1C(=O)[C@H]2[C@H](C1=O)C1(Cl)c3ccccc3C2(Cl)c2ccccc21. The van der Waals surface area contributed by atoms with E-state index in [9.17, 15) is 9.59 Å². The van der Waals surface area contributed by atoms with E-state index in [2.05, 4.69) is 11.8 Å². The summed E-state index contributed by atoms with van der Waals surface area (Å²) in [7, 11) is 0. The zero-order valence-corrected chi connectivity index (χ0v) is 18.9. The second-order valence-electron chi connectivity index (χ2n) is 9.18. The molecule has 0 N–H and O–H groups in total. The summed E-state index contributed by atoms with van der Waals surface area (Å²) in [6.07, 6.45) is 2.09. The minimum atomic E-state index is -1.09. The number of nitrogens with zero attached hydrogens (tertiary/aromatic N) is 2. The van der Waals surface area contributed by atoms with E-state index in [1.165, 1.54) is 4.90 Å². The summed E-state index contributed by atoms with van der Waals surface area (Å²) in [5, 5.41) is 0. The van der Waals surface area contributed by atoms with E-state index in [0.29, 0.717) is 6.54 Å². The van der Waals surface area contributed by atoms with Crippen molar-refractivity contribution in [2.24, 2.45) is 11.8 Å². The van der Waals surface area contributed by atoms with E-state index in [4.69, 9.17) is 23.2 Å². The Bertz CT molecular complexity index is 995. The molecule has 5 aliphatic rings. The van der Waals surface area contributed by atoms with Crippen LogP contribution in [0, 0.1) is 11.8 Å². The molecular weight excluding hydrogens is 431 g/mol. The maximum atomic E-state index is 13.8. The molecule has 2 fully saturated rings. The lowest BCUT2D eigenvalue weighted by Crippen LogP contribution is -2.57. The zero-order valence-electron chi connectivity index (χ0n) is 17.4. The van der Waals surface area contributed by atoms with Crippen molar-refractivity contribution < 1.29 is 9.59 Å². The first-order chi connectivity index (χ1) is 14.9. The van der Waals surface area contributed by atoms with Gasteiger partial charge in [0.1, 0.15) is 9.75 Å². The normalized spacial score (nSPS) is 36.0. The molecule has 7 rings (SSSR count). The van der Waals surface area contributed by atoms with Crippen molar-refractivity contribution >= 4 is 35.0 Å². The molecule has 2 heterocycles. The first-order valence-corrected chi connectivity index (χ1v) is 11.9. The second-order valence-corrected chi connectivity index (χ2v) is 10.4. The highest BCUT2D eigenvalue weighted by molar-refractivity contribution is 6.36. The van der Waals surface area contributed by atoms with E-state index >= 15 is 0 Å². The summed E-state index contributed by atoms with van der Waals surface area (Å²) in [6.45, 7) is 4.48. The van der Waals surface area contributed by atoms with Gasteiger partial charge in [-0.1, -0.05) is 55.5 Å². The van der Waals surface area contributed by atoms with Crippen molar-refractivity contribution in [3.05, 3.63) is 70.8 Å². The second kappa shape index (κ2) is 6.57. The molecule has 0 saturated carbocycles. The summed E-state index contributed by atoms with van der Waals surface area (Å²) < 4.78 is 0. The number of carbonyl (C=O) groups is 2. The van der Waals surface area contributed by atoms with Gasteiger partial charge in [0, 0.05) is 12.6 Å². The topological polar surface area (TPSA) is 40.6 Å². The first kappa shape index (κ1) is 19.8. The number of hydrogen-bond donors (Lipinski definition) is 0. The molecule has 2 aromatic carbocycles. The number of carbonyl (C=O) groups excluding carboxylic acids is 2. The van der Waals surface area contributed by atoms with E-state index in [1.54, 1.807) is 0 Å². The number of alkyl halides is 2. The lowest BCUT2D eigenvalue weighted by Gasteiger charge is -2.54. The number of amides is 2. The fraction of sp³-hybridized carbons (Fsp3) is 0.440. The van der Waals surface area contributed by atoms with Crippen LogP contribution in [-0.2, 0) is 19.3 Å². The highest BCUT2D eigenvalue weighted by Crippen LogP contribution is 2.69. The van der Waals surface area contributed by atoms with Crippen LogP contribution in [0.15, 0.2) is 48.5 Å². The van der Waals surface area contributed by atoms with Crippen molar-refractivity contribution in [2.75, 3.05) is 19.6 Å². The van der Waals surface area contributed by atoms with Crippen LogP contribution in [0.5, 0.6) is 0 Å². The van der Waals surface area contributed by atoms with Gasteiger partial charge in [-0.25, -0.2) is 0 Å². The maximum Gasteiger partial charge on any atom is 0.235 e. The van der Waals surface area contributed by atoms with Crippen molar-refractivity contribution in [3.8, 4) is 0 Å². The smallest absolute Gasteiger partial charge is 0.235 e. The Kier molecular flexibility index (Phi) is 4.19. The van der Waals surface area contributed by atoms with Gasteiger partial charge >= 0.3 is 0 Å². The molecular formula is C25H24Cl2N2O2.